The first kappa shape index (κ1) is 53.7. The van der Waals surface area contributed by atoms with Gasteiger partial charge in [0, 0.05) is 25.6 Å². The van der Waals surface area contributed by atoms with Crippen LogP contribution in [0.2, 0.25) is 0 Å². The number of carbonyl (C=O) groups excluding carboxylic acids is 8. The van der Waals surface area contributed by atoms with Crippen molar-refractivity contribution in [3.8, 4) is 5.75 Å². The number of rotatable bonds is 27. The molecule has 1 saturated heterocycles. The van der Waals surface area contributed by atoms with Crippen LogP contribution in [-0.4, -0.2) is 158 Å². The van der Waals surface area contributed by atoms with Gasteiger partial charge in [-0.25, -0.2) is 9.78 Å². The number of hydrogen-bond acceptors (Lipinski definition) is 14. The number of unbranched alkanes of at least 4 members (excludes halogenated alkanes) is 1. The first-order chi connectivity index (χ1) is 31.3. The molecule has 1 aromatic carbocycles. The van der Waals surface area contributed by atoms with E-state index in [-0.39, 0.29) is 50.3 Å². The molecular weight excluding hydrogens is 865 g/mol. The number of nitrogens with two attached hydrogens (primary N) is 2. The summed E-state index contributed by atoms with van der Waals surface area (Å²) in [5.74, 6) is -7.52. The number of H-pyrrole nitrogens is 1. The van der Waals surface area contributed by atoms with Crippen molar-refractivity contribution >= 4 is 53.2 Å². The van der Waals surface area contributed by atoms with E-state index in [1.54, 1.807) is 13.8 Å². The Hall–Kier alpha value is -6.66. The van der Waals surface area contributed by atoms with Crippen molar-refractivity contribution in [3.05, 3.63) is 48.0 Å². The Morgan fingerprint density at radius 1 is 0.788 bits per heavy atom. The highest BCUT2D eigenvalue weighted by molar-refractivity contribution is 5.97. The summed E-state index contributed by atoms with van der Waals surface area (Å²) >= 11 is 0. The minimum atomic E-state index is -1.60. The Morgan fingerprint density at radius 3 is 2.00 bits per heavy atom. The number of carboxylic acids is 1. The number of aliphatic carboxylic acids is 1. The number of nitrogens with one attached hydrogen (secondary N) is 8. The molecule has 3 rings (SSSR count). The average Bonchev–Trinajstić information content (AvgIpc) is 3.99. The summed E-state index contributed by atoms with van der Waals surface area (Å²) in [6, 6.07) is -1.70. The van der Waals surface area contributed by atoms with E-state index in [4.69, 9.17) is 11.5 Å². The monoisotopic (exact) mass is 928 g/mol. The molecule has 0 unspecified atom stereocenters. The van der Waals surface area contributed by atoms with E-state index < -0.39 is 115 Å². The first-order valence-electron chi connectivity index (χ1n) is 21.7. The number of carboxylic acid groups (broad SMARTS) is 1. The number of likely N-dealkylation sites (tertiary alicyclic amines) is 1. The molecule has 0 aliphatic carbocycles. The van der Waals surface area contributed by atoms with Crippen LogP contribution in [0.4, 0.5) is 0 Å². The normalized spacial score (nSPS) is 16.1. The first-order valence-corrected chi connectivity index (χ1v) is 21.7. The third-order valence-corrected chi connectivity index (χ3v) is 10.5. The molecule has 8 amide bonds. The molecule has 1 fully saturated rings. The van der Waals surface area contributed by atoms with Gasteiger partial charge in [0.1, 0.15) is 36.0 Å². The second-order valence-electron chi connectivity index (χ2n) is 16.4. The molecule has 0 bridgehead atoms. The number of aliphatic hydroxyl groups is 1. The van der Waals surface area contributed by atoms with Crippen molar-refractivity contribution in [3.63, 3.8) is 0 Å². The summed E-state index contributed by atoms with van der Waals surface area (Å²) in [4.78, 5) is 126. The van der Waals surface area contributed by atoms with Gasteiger partial charge in [-0.15, -0.1) is 0 Å². The fraction of sp³-hybridized carbons (Fsp3) is 0.571. The number of hydrogen-bond donors (Lipinski definition) is 13. The second kappa shape index (κ2) is 27.0. The number of amides is 8. The maximum atomic E-state index is 14.0. The molecule has 66 heavy (non-hydrogen) atoms. The van der Waals surface area contributed by atoms with E-state index in [0.29, 0.717) is 37.1 Å². The van der Waals surface area contributed by atoms with E-state index in [9.17, 15) is 58.5 Å². The molecule has 364 valence electrons. The van der Waals surface area contributed by atoms with Crippen LogP contribution < -0.4 is 48.7 Å². The zero-order chi connectivity index (χ0) is 48.9. The highest BCUT2D eigenvalue weighted by Crippen LogP contribution is 2.18. The molecule has 7 atom stereocenters. The lowest BCUT2D eigenvalue weighted by Gasteiger charge is -2.27. The van der Waals surface area contributed by atoms with Crippen molar-refractivity contribution in [2.24, 2.45) is 17.4 Å². The van der Waals surface area contributed by atoms with Gasteiger partial charge in [0.2, 0.25) is 47.3 Å². The lowest BCUT2D eigenvalue weighted by molar-refractivity contribution is -0.146. The van der Waals surface area contributed by atoms with Gasteiger partial charge in [-0.2, -0.15) is 0 Å². The molecule has 1 aliphatic heterocycles. The molecule has 15 N–H and O–H groups in total. The zero-order valence-electron chi connectivity index (χ0n) is 37.3. The standard InChI is InChI=1S/C42H64N12O12/c1-23(2)15-29(38(61)47-21-35(59)54-14-6-8-32(54)41(64)53-36(24(3)55)42(65)66)52-39(62)30(16-25-9-11-27(56)12-10-25)50-34(58)20-46-37(60)28(7-4-5-13-43)51-40(63)31(49-33(57)18-44)17-26-19-45-22-48-26/h9-12,19,22-24,28-32,36,55-56H,4-8,13-18,20-21,43-44H2,1-3H3,(H,45,48)(H,46,60)(H,47,61)(H,49,57)(H,50,58)(H,51,63)(H,52,62)(H,53,64)(H,65,66)/t24-,28+,29+,30+,31+,32+,36+/m1/s1. The maximum Gasteiger partial charge on any atom is 0.328 e. The van der Waals surface area contributed by atoms with Crippen LogP contribution in [0.15, 0.2) is 36.8 Å². The van der Waals surface area contributed by atoms with E-state index in [1.165, 1.54) is 48.6 Å². The summed E-state index contributed by atoms with van der Waals surface area (Å²) < 4.78 is 0. The molecule has 0 saturated carbocycles. The number of phenols is 1. The zero-order valence-corrected chi connectivity index (χ0v) is 37.3. The number of aromatic hydroxyl groups is 1. The lowest BCUT2D eigenvalue weighted by Crippen LogP contribution is -2.58. The molecule has 1 aromatic heterocycles. The second-order valence-corrected chi connectivity index (χ2v) is 16.4. The smallest absolute Gasteiger partial charge is 0.328 e. The average molecular weight is 929 g/mol. The van der Waals surface area contributed by atoms with Gasteiger partial charge in [0.15, 0.2) is 6.04 Å². The molecule has 2 heterocycles. The fourth-order valence-electron chi connectivity index (χ4n) is 7.06. The van der Waals surface area contributed by atoms with Crippen LogP contribution in [0.1, 0.15) is 70.6 Å². The van der Waals surface area contributed by atoms with Crippen molar-refractivity contribution in [2.45, 2.75) is 114 Å². The quantitative estimate of drug-likeness (QED) is 0.0382. The summed E-state index contributed by atoms with van der Waals surface area (Å²) in [7, 11) is 0. The number of nitrogens with zero attached hydrogens (tertiary/aromatic N) is 2. The third-order valence-electron chi connectivity index (χ3n) is 10.5. The van der Waals surface area contributed by atoms with Crippen LogP contribution in [0.3, 0.4) is 0 Å². The SMILES string of the molecule is CC(C)C[C@H](NC(=O)[C@H](Cc1ccc(O)cc1)NC(=O)CNC(=O)[C@H](CCCCN)NC(=O)[C@H](Cc1c[nH]cn1)NC(=O)CN)C(=O)NCC(=O)N1CCC[C@H]1C(=O)N[C@H](C(=O)O)[C@@H](C)O. The highest BCUT2D eigenvalue weighted by Gasteiger charge is 2.37. The Balaban J connectivity index is 1.72. The van der Waals surface area contributed by atoms with Crippen LogP contribution in [0.5, 0.6) is 5.75 Å². The Morgan fingerprint density at radius 2 is 1.41 bits per heavy atom. The van der Waals surface area contributed by atoms with E-state index >= 15 is 0 Å². The van der Waals surface area contributed by atoms with Crippen molar-refractivity contribution < 1.29 is 58.5 Å². The molecule has 0 radical (unpaired) electrons. The predicted octanol–water partition coefficient (Wildman–Crippen LogP) is -3.85. The maximum absolute atomic E-state index is 14.0. The van der Waals surface area contributed by atoms with Crippen molar-refractivity contribution in [1.29, 1.82) is 0 Å². The summed E-state index contributed by atoms with van der Waals surface area (Å²) in [5, 5.41) is 46.6. The molecule has 0 spiro atoms. The number of aromatic amines is 1. The van der Waals surface area contributed by atoms with Gasteiger partial charge in [-0.05, 0) is 75.6 Å². The number of aliphatic hydroxyl groups excluding tert-OH is 1. The fourth-order valence-corrected chi connectivity index (χ4v) is 7.06. The molecule has 24 heteroatoms. The van der Waals surface area contributed by atoms with E-state index in [2.05, 4.69) is 47.2 Å². The number of imidazole rings is 1. The summed E-state index contributed by atoms with van der Waals surface area (Å²) in [6.45, 7) is 3.64. The third kappa shape index (κ3) is 17.7. The van der Waals surface area contributed by atoms with E-state index in [1.807, 2.05) is 0 Å². The molecule has 1 aliphatic rings. The van der Waals surface area contributed by atoms with E-state index in [0.717, 1.165) is 0 Å². The van der Waals surface area contributed by atoms with Gasteiger partial charge in [-0.1, -0.05) is 26.0 Å². The summed E-state index contributed by atoms with van der Waals surface area (Å²) in [6.07, 6.45) is 3.18. The van der Waals surface area contributed by atoms with Crippen LogP contribution in [0, 0.1) is 5.92 Å². The van der Waals surface area contributed by atoms with Gasteiger partial charge >= 0.3 is 5.97 Å². The largest absolute Gasteiger partial charge is 0.508 e. The van der Waals surface area contributed by atoms with Crippen LogP contribution >= 0.6 is 0 Å². The van der Waals surface area contributed by atoms with Gasteiger partial charge < -0.3 is 73.9 Å². The highest BCUT2D eigenvalue weighted by atomic mass is 16.4. The number of benzene rings is 1. The Labute approximate surface area is 381 Å². The number of carbonyl (C=O) groups is 9. The molecule has 2 aromatic rings. The number of phenolic OH excluding ortho intramolecular Hbond substituents is 1. The summed E-state index contributed by atoms with van der Waals surface area (Å²) in [5.41, 5.74) is 12.1. The Kier molecular flexibility index (Phi) is 21.9. The molecular formula is C42H64N12O12. The minimum Gasteiger partial charge on any atom is -0.508 e. The van der Waals surface area contributed by atoms with Crippen molar-refractivity contribution in [1.82, 2.24) is 52.1 Å². The lowest BCUT2D eigenvalue weighted by atomic mass is 10.0. The van der Waals surface area contributed by atoms with Crippen LogP contribution in [0.25, 0.3) is 0 Å². The minimum absolute atomic E-state index is 0.0217. The van der Waals surface area contributed by atoms with Gasteiger partial charge in [0.25, 0.3) is 0 Å². The van der Waals surface area contributed by atoms with Gasteiger partial charge in [-0.3, -0.25) is 38.4 Å². The van der Waals surface area contributed by atoms with Crippen LogP contribution in [-0.2, 0) is 56.0 Å². The topological polar surface area (TPSA) is 382 Å². The van der Waals surface area contributed by atoms with Crippen molar-refractivity contribution in [2.75, 3.05) is 32.7 Å². The Bertz CT molecular complexity index is 1960. The number of aromatic nitrogens is 2. The predicted molar refractivity (Wildman–Crippen MR) is 235 cm³/mol. The van der Waals surface area contributed by atoms with Gasteiger partial charge in [0.05, 0.1) is 37.8 Å². The molecule has 24 nitrogen and oxygen atoms in total.